The maximum atomic E-state index is 12.4. The van der Waals surface area contributed by atoms with Gasteiger partial charge in [-0.2, -0.15) is 0 Å². The van der Waals surface area contributed by atoms with Crippen LogP contribution in [0, 0.1) is 0 Å². The molecule has 1 aliphatic rings. The van der Waals surface area contributed by atoms with Gasteiger partial charge in [-0.1, -0.05) is 0 Å². The Balaban J connectivity index is 2.07. The second-order valence-corrected chi connectivity index (χ2v) is 9.38. The monoisotopic (exact) mass is 621 g/mol. The Labute approximate surface area is 202 Å². The summed E-state index contributed by atoms with van der Waals surface area (Å²) in [5.74, 6) is -2.19. The Hall–Kier alpha value is -1.98. The number of aromatic hydroxyl groups is 4. The number of nitrogens with zero attached hydrogens (tertiary/aromatic N) is 1. The number of phenols is 4. The molecule has 0 spiro atoms. The Kier molecular flexibility index (Phi) is 7.07. The van der Waals surface area contributed by atoms with Crippen LogP contribution >= 0.6 is 47.8 Å². The van der Waals surface area contributed by atoms with Gasteiger partial charge in [0.05, 0.1) is 16.1 Å². The summed E-state index contributed by atoms with van der Waals surface area (Å²) in [5, 5.41) is 40.3. The van der Waals surface area contributed by atoms with Crippen molar-refractivity contribution < 1.29 is 34.8 Å². The second-order valence-electron chi connectivity index (χ2n) is 7.00. The van der Waals surface area contributed by atoms with Crippen LogP contribution in [0.5, 0.6) is 23.0 Å². The number of ether oxygens (including phenoxy) is 1. The molecule has 0 aromatic heterocycles. The highest BCUT2D eigenvalue weighted by Gasteiger charge is 2.37. The van der Waals surface area contributed by atoms with Crippen molar-refractivity contribution in [2.24, 2.45) is 0 Å². The van der Waals surface area contributed by atoms with Crippen LogP contribution in [0.1, 0.15) is 29.5 Å². The largest absolute Gasteiger partial charge is 0.504 e. The average Bonchev–Trinajstić information content (AvgIpc) is 3.10. The first-order valence-electron chi connectivity index (χ1n) is 9.05. The van der Waals surface area contributed by atoms with Gasteiger partial charge in [0, 0.05) is 23.9 Å². The van der Waals surface area contributed by atoms with Crippen molar-refractivity contribution in [3.8, 4) is 23.0 Å². The number of phenolic OH excluding ortho intramolecular Hbond substituents is 4. The van der Waals surface area contributed by atoms with E-state index in [-0.39, 0.29) is 57.2 Å². The number of hydrogen-bond acceptors (Lipinski definition) is 7. The smallest absolute Gasteiger partial charge is 0.328 e. The molecule has 166 valence electrons. The summed E-state index contributed by atoms with van der Waals surface area (Å²) < 4.78 is 5.75. The molecule has 1 aliphatic heterocycles. The zero-order valence-electron chi connectivity index (χ0n) is 16.2. The lowest BCUT2D eigenvalue weighted by molar-refractivity contribution is -0.149. The molecule has 1 amide bonds. The van der Waals surface area contributed by atoms with E-state index < -0.39 is 12.0 Å². The van der Waals surface area contributed by atoms with Crippen LogP contribution in [0.25, 0.3) is 0 Å². The van der Waals surface area contributed by atoms with Gasteiger partial charge in [0.15, 0.2) is 23.0 Å². The van der Waals surface area contributed by atoms with Crippen LogP contribution in [0.3, 0.4) is 0 Å². The fraction of sp³-hybridized carbons (Fsp3) is 0.300. The summed E-state index contributed by atoms with van der Waals surface area (Å²) in [7, 11) is 1.25. The molecule has 3 rings (SSSR count). The van der Waals surface area contributed by atoms with Gasteiger partial charge in [-0.3, -0.25) is 4.79 Å². The van der Waals surface area contributed by atoms with E-state index in [9.17, 15) is 30.0 Å². The van der Waals surface area contributed by atoms with Gasteiger partial charge in [-0.15, -0.1) is 0 Å². The Bertz CT molecular complexity index is 1070. The van der Waals surface area contributed by atoms with Crippen LogP contribution < -0.4 is 0 Å². The summed E-state index contributed by atoms with van der Waals surface area (Å²) in [6, 6.07) is 1.96. The van der Waals surface area contributed by atoms with E-state index >= 15 is 0 Å². The number of halogens is 3. The number of benzene rings is 2. The fourth-order valence-electron chi connectivity index (χ4n) is 3.52. The van der Waals surface area contributed by atoms with Gasteiger partial charge in [0.2, 0.25) is 5.91 Å². The highest BCUT2D eigenvalue weighted by molar-refractivity contribution is 9.13. The van der Waals surface area contributed by atoms with Crippen LogP contribution in [0.4, 0.5) is 0 Å². The van der Waals surface area contributed by atoms with Gasteiger partial charge in [-0.25, -0.2) is 4.79 Å². The summed E-state index contributed by atoms with van der Waals surface area (Å²) in [6.07, 6.45) is 0.683. The number of esters is 1. The number of rotatable bonds is 5. The van der Waals surface area contributed by atoms with Crippen molar-refractivity contribution in [2.45, 2.75) is 31.8 Å². The van der Waals surface area contributed by atoms with Gasteiger partial charge in [0.1, 0.15) is 6.04 Å². The lowest BCUT2D eigenvalue weighted by Gasteiger charge is -2.25. The molecule has 1 fully saturated rings. The predicted octanol–water partition coefficient (Wildman–Crippen LogP) is 4.05. The summed E-state index contributed by atoms with van der Waals surface area (Å²) in [5.41, 5.74) is 1.57. The van der Waals surface area contributed by atoms with E-state index in [2.05, 4.69) is 47.8 Å². The molecule has 2 aromatic carbocycles. The average molecular weight is 624 g/mol. The minimum absolute atomic E-state index is 0.00320. The second kappa shape index (κ2) is 9.25. The molecule has 0 radical (unpaired) electrons. The molecule has 1 atom stereocenters. The van der Waals surface area contributed by atoms with Crippen molar-refractivity contribution in [3.05, 3.63) is 42.2 Å². The van der Waals surface area contributed by atoms with E-state index in [0.717, 1.165) is 0 Å². The molecular formula is C20H18Br3NO7. The lowest BCUT2D eigenvalue weighted by Crippen LogP contribution is -2.38. The normalized spacial score (nSPS) is 16.1. The maximum absolute atomic E-state index is 12.4. The standard InChI is InChI=1S/C20H18Br3NO7/c1-31-20(30)11-2-3-14(27)24(11)7-9-6-13(26)18(28)16(22)10(9)4-8-5-12(25)19(29)17(23)15(8)21/h5-6,11,25-26,28-29H,2-4,7H2,1H3. The van der Waals surface area contributed by atoms with Crippen molar-refractivity contribution >= 4 is 59.7 Å². The van der Waals surface area contributed by atoms with Crippen molar-refractivity contribution in [2.75, 3.05) is 7.11 Å². The molecule has 0 aliphatic carbocycles. The van der Waals surface area contributed by atoms with Gasteiger partial charge < -0.3 is 30.1 Å². The van der Waals surface area contributed by atoms with Crippen LogP contribution in [0.2, 0.25) is 0 Å². The highest BCUT2D eigenvalue weighted by Crippen LogP contribution is 2.45. The summed E-state index contributed by atoms with van der Waals surface area (Å²) in [6.45, 7) is 0.00320. The van der Waals surface area contributed by atoms with E-state index in [4.69, 9.17) is 4.74 Å². The molecular weight excluding hydrogens is 606 g/mol. The Morgan fingerprint density at radius 1 is 1.03 bits per heavy atom. The third kappa shape index (κ3) is 4.49. The van der Waals surface area contributed by atoms with E-state index in [1.165, 1.54) is 24.1 Å². The molecule has 2 aromatic rings. The third-order valence-corrected chi connectivity index (χ3v) is 8.22. The first kappa shape index (κ1) is 23.7. The molecule has 0 bridgehead atoms. The number of amides is 1. The Morgan fingerprint density at radius 3 is 2.23 bits per heavy atom. The van der Waals surface area contributed by atoms with Crippen LogP contribution in [0.15, 0.2) is 25.6 Å². The topological polar surface area (TPSA) is 128 Å². The SMILES string of the molecule is COC(=O)C1CCC(=O)N1Cc1cc(O)c(O)c(Br)c1Cc1cc(O)c(O)c(Br)c1Br. The number of hydrogen-bond donors (Lipinski definition) is 4. The number of carbonyl (C=O) groups is 2. The molecule has 0 saturated carbocycles. The quantitative estimate of drug-likeness (QED) is 0.292. The van der Waals surface area contributed by atoms with Crippen molar-refractivity contribution in [1.82, 2.24) is 4.90 Å². The molecule has 31 heavy (non-hydrogen) atoms. The fourth-order valence-corrected chi connectivity index (χ4v) is 5.02. The minimum Gasteiger partial charge on any atom is -0.504 e. The van der Waals surface area contributed by atoms with E-state index in [1.807, 2.05) is 0 Å². The number of carbonyl (C=O) groups excluding carboxylic acids is 2. The zero-order valence-corrected chi connectivity index (χ0v) is 20.9. The van der Waals surface area contributed by atoms with Crippen molar-refractivity contribution in [3.63, 3.8) is 0 Å². The van der Waals surface area contributed by atoms with E-state index in [0.29, 0.717) is 27.6 Å². The summed E-state index contributed by atoms with van der Waals surface area (Å²) >= 11 is 9.87. The molecule has 1 saturated heterocycles. The summed E-state index contributed by atoms with van der Waals surface area (Å²) in [4.78, 5) is 25.9. The van der Waals surface area contributed by atoms with Crippen LogP contribution in [-0.2, 0) is 27.3 Å². The number of likely N-dealkylation sites (tertiary alicyclic amines) is 1. The lowest BCUT2D eigenvalue weighted by atomic mass is 9.97. The van der Waals surface area contributed by atoms with Gasteiger partial charge >= 0.3 is 5.97 Å². The highest BCUT2D eigenvalue weighted by atomic mass is 79.9. The van der Waals surface area contributed by atoms with E-state index in [1.54, 1.807) is 0 Å². The predicted molar refractivity (Wildman–Crippen MR) is 121 cm³/mol. The molecule has 4 N–H and O–H groups in total. The van der Waals surface area contributed by atoms with Gasteiger partial charge in [-0.05, 0) is 83.0 Å². The maximum Gasteiger partial charge on any atom is 0.328 e. The molecule has 1 heterocycles. The van der Waals surface area contributed by atoms with Gasteiger partial charge in [0.25, 0.3) is 0 Å². The number of methoxy groups -OCH3 is 1. The first-order valence-corrected chi connectivity index (χ1v) is 11.4. The Morgan fingerprint density at radius 2 is 1.61 bits per heavy atom. The van der Waals surface area contributed by atoms with Crippen molar-refractivity contribution in [1.29, 1.82) is 0 Å². The molecule has 11 heteroatoms. The van der Waals surface area contributed by atoms with Crippen LogP contribution in [-0.4, -0.2) is 50.4 Å². The zero-order chi connectivity index (χ0) is 23.0. The molecule has 8 nitrogen and oxygen atoms in total. The third-order valence-electron chi connectivity index (χ3n) is 5.16. The first-order chi connectivity index (χ1) is 14.6. The molecule has 1 unspecified atom stereocenters. The minimum atomic E-state index is -0.737.